The summed E-state index contributed by atoms with van der Waals surface area (Å²) in [7, 11) is -3.76. The quantitative estimate of drug-likeness (QED) is 0.220. The van der Waals surface area contributed by atoms with E-state index in [0.717, 1.165) is 47.9 Å². The maximum absolute atomic E-state index is 11.6. The predicted molar refractivity (Wildman–Crippen MR) is 147 cm³/mol. The van der Waals surface area contributed by atoms with Gasteiger partial charge in [0.25, 0.3) is 0 Å². The normalized spacial score (nSPS) is 17.7. The number of nitrogens with two attached hydrogens (primary N) is 2. The number of aromatic nitrogens is 2. The Bertz CT molecular complexity index is 1390. The van der Waals surface area contributed by atoms with Gasteiger partial charge in [-0.05, 0) is 85.4 Å². The van der Waals surface area contributed by atoms with Crippen LogP contribution < -0.4 is 21.5 Å². The van der Waals surface area contributed by atoms with Crippen LogP contribution in [-0.4, -0.2) is 36.4 Å². The van der Waals surface area contributed by atoms with Gasteiger partial charge in [-0.25, -0.2) is 18.5 Å². The van der Waals surface area contributed by atoms with Gasteiger partial charge < -0.3 is 16.4 Å². The van der Waals surface area contributed by atoms with Crippen LogP contribution in [0.25, 0.3) is 11.1 Å². The lowest BCUT2D eigenvalue weighted by atomic mass is 9.82. The van der Waals surface area contributed by atoms with Gasteiger partial charge in [-0.2, -0.15) is 4.98 Å². The molecular weight excluding hydrogens is 506 g/mol. The van der Waals surface area contributed by atoms with Crippen LogP contribution in [0.1, 0.15) is 36.8 Å². The second kappa shape index (κ2) is 11.8. The van der Waals surface area contributed by atoms with E-state index in [4.69, 9.17) is 10.9 Å². The molecule has 0 aliphatic heterocycles. The molecule has 0 bridgehead atoms. The van der Waals surface area contributed by atoms with Crippen molar-refractivity contribution in [2.45, 2.75) is 44.0 Å². The maximum Gasteiger partial charge on any atom is 0.329 e. The minimum absolute atomic E-state index is 0.0553. The number of rotatable bonds is 10. The third kappa shape index (κ3) is 6.63. The smallest absolute Gasteiger partial charge is 0.329 e. The Morgan fingerprint density at radius 2 is 1.74 bits per heavy atom. The lowest BCUT2D eigenvalue weighted by Crippen LogP contribution is -2.25. The topological polar surface area (TPSA) is 179 Å². The number of nitro groups is 1. The predicted octanol–water partition coefficient (Wildman–Crippen LogP) is 3.80. The van der Waals surface area contributed by atoms with Crippen molar-refractivity contribution >= 4 is 27.5 Å². The molecule has 6 N–H and O–H groups in total. The van der Waals surface area contributed by atoms with E-state index in [1.807, 2.05) is 25.1 Å². The number of nitrogens with zero attached hydrogens (tertiary/aromatic N) is 3. The molecule has 2 aromatic carbocycles. The van der Waals surface area contributed by atoms with Gasteiger partial charge in [0.1, 0.15) is 6.20 Å². The fraction of sp³-hybridized carbons (Fsp3) is 0.385. The zero-order valence-electron chi connectivity index (χ0n) is 21.3. The van der Waals surface area contributed by atoms with Crippen molar-refractivity contribution in [2.75, 3.05) is 23.7 Å². The van der Waals surface area contributed by atoms with E-state index >= 15 is 0 Å². The van der Waals surface area contributed by atoms with E-state index < -0.39 is 14.9 Å². The molecule has 0 saturated heterocycles. The molecule has 202 valence electrons. The van der Waals surface area contributed by atoms with Crippen LogP contribution in [0, 0.1) is 28.9 Å². The Morgan fingerprint density at radius 1 is 1.05 bits per heavy atom. The summed E-state index contributed by atoms with van der Waals surface area (Å²) in [6.45, 7) is 3.69. The fourth-order valence-corrected chi connectivity index (χ4v) is 5.34. The molecule has 0 radical (unpaired) electrons. The van der Waals surface area contributed by atoms with E-state index in [0.29, 0.717) is 31.5 Å². The van der Waals surface area contributed by atoms with E-state index in [-0.39, 0.29) is 22.3 Å². The summed E-state index contributed by atoms with van der Waals surface area (Å²) in [5.41, 5.74) is 9.40. The Morgan fingerprint density at radius 3 is 2.37 bits per heavy atom. The second-order valence-electron chi connectivity index (χ2n) is 9.70. The van der Waals surface area contributed by atoms with Crippen molar-refractivity contribution in [3.05, 3.63) is 69.9 Å². The number of sulfonamides is 1. The number of primary sulfonamides is 1. The molecule has 4 rings (SSSR count). The number of hydrogen-bond donors (Lipinski definition) is 4. The van der Waals surface area contributed by atoms with Gasteiger partial charge in [0.15, 0.2) is 0 Å². The van der Waals surface area contributed by atoms with Crippen molar-refractivity contribution in [3.8, 4) is 11.1 Å². The zero-order valence-corrected chi connectivity index (χ0v) is 22.1. The van der Waals surface area contributed by atoms with Gasteiger partial charge in [-0.1, -0.05) is 30.3 Å². The lowest BCUT2D eigenvalue weighted by Gasteiger charge is -2.27. The molecule has 12 heteroatoms. The SMILES string of the molecule is Cc1c(CNc2ncc([N+](=O)[O-])c(NCC3CCC(CN)CC3)n2)cccc1-c1ccc(S(N)(=O)=O)cc1. The highest BCUT2D eigenvalue weighted by atomic mass is 32.2. The van der Waals surface area contributed by atoms with Crippen LogP contribution in [0.5, 0.6) is 0 Å². The van der Waals surface area contributed by atoms with Gasteiger partial charge in [0.2, 0.25) is 21.8 Å². The first-order valence-corrected chi connectivity index (χ1v) is 14.1. The highest BCUT2D eigenvalue weighted by Crippen LogP contribution is 2.30. The Labute approximate surface area is 222 Å². The monoisotopic (exact) mass is 539 g/mol. The van der Waals surface area contributed by atoms with Crippen molar-refractivity contribution in [2.24, 2.45) is 22.7 Å². The summed E-state index contributed by atoms with van der Waals surface area (Å²) in [5, 5.41) is 23.1. The molecule has 0 spiro atoms. The lowest BCUT2D eigenvalue weighted by molar-refractivity contribution is -0.384. The molecule has 11 nitrogen and oxygen atoms in total. The Hall–Kier alpha value is -3.61. The second-order valence-corrected chi connectivity index (χ2v) is 11.3. The van der Waals surface area contributed by atoms with Crippen molar-refractivity contribution in [1.82, 2.24) is 9.97 Å². The highest BCUT2D eigenvalue weighted by molar-refractivity contribution is 7.89. The van der Waals surface area contributed by atoms with E-state index in [1.54, 1.807) is 12.1 Å². The zero-order chi connectivity index (χ0) is 27.3. The van der Waals surface area contributed by atoms with Crippen LogP contribution in [0.3, 0.4) is 0 Å². The maximum atomic E-state index is 11.6. The Kier molecular flexibility index (Phi) is 8.55. The standard InChI is InChI=1S/C26H33N7O4S/c1-17-21(3-2-4-23(17)20-9-11-22(12-10-20)38(28,36)37)15-30-26-31-16-24(33(34)35)25(32-26)29-14-19-7-5-18(13-27)6-8-19/h2-4,9-12,16,18-19H,5-8,13-15,27H2,1H3,(H2,28,36,37)(H2,29,30,31,32). The third-order valence-electron chi connectivity index (χ3n) is 7.20. The van der Waals surface area contributed by atoms with E-state index in [2.05, 4.69) is 20.6 Å². The number of hydrogen-bond acceptors (Lipinski definition) is 9. The first kappa shape index (κ1) is 27.4. The van der Waals surface area contributed by atoms with E-state index in [9.17, 15) is 18.5 Å². The van der Waals surface area contributed by atoms with Crippen LogP contribution in [0.2, 0.25) is 0 Å². The summed E-state index contributed by atoms with van der Waals surface area (Å²) in [4.78, 5) is 19.7. The molecule has 0 amide bonds. The third-order valence-corrected chi connectivity index (χ3v) is 8.13. The molecule has 1 aliphatic carbocycles. The van der Waals surface area contributed by atoms with E-state index in [1.165, 1.54) is 18.3 Å². The molecule has 1 saturated carbocycles. The molecule has 1 fully saturated rings. The fourth-order valence-electron chi connectivity index (χ4n) is 4.82. The van der Waals surface area contributed by atoms with Gasteiger partial charge in [0.05, 0.1) is 9.82 Å². The highest BCUT2D eigenvalue weighted by Gasteiger charge is 2.23. The molecule has 38 heavy (non-hydrogen) atoms. The largest absolute Gasteiger partial charge is 0.364 e. The number of benzene rings is 2. The summed E-state index contributed by atoms with van der Waals surface area (Å²) in [6.07, 6.45) is 5.46. The molecular formula is C26H33N7O4S. The van der Waals surface area contributed by atoms with Crippen LogP contribution in [-0.2, 0) is 16.6 Å². The summed E-state index contributed by atoms with van der Waals surface area (Å²) >= 11 is 0. The number of nitrogens with one attached hydrogen (secondary N) is 2. The minimum Gasteiger partial charge on any atom is -0.364 e. The summed E-state index contributed by atoms with van der Waals surface area (Å²) in [6, 6.07) is 12.2. The average Bonchev–Trinajstić information content (AvgIpc) is 2.91. The molecule has 1 heterocycles. The van der Waals surface area contributed by atoms with Gasteiger partial charge >= 0.3 is 5.69 Å². The van der Waals surface area contributed by atoms with Gasteiger partial charge in [-0.15, -0.1) is 0 Å². The van der Waals surface area contributed by atoms with Crippen molar-refractivity contribution in [3.63, 3.8) is 0 Å². The molecule has 0 unspecified atom stereocenters. The molecule has 1 aromatic heterocycles. The van der Waals surface area contributed by atoms with Gasteiger partial charge in [0, 0.05) is 13.1 Å². The van der Waals surface area contributed by atoms with Crippen LogP contribution in [0.4, 0.5) is 17.5 Å². The molecule has 1 aliphatic rings. The molecule has 3 aromatic rings. The van der Waals surface area contributed by atoms with Crippen molar-refractivity contribution in [1.29, 1.82) is 0 Å². The number of anilines is 2. The minimum atomic E-state index is -3.76. The van der Waals surface area contributed by atoms with Crippen LogP contribution >= 0.6 is 0 Å². The summed E-state index contributed by atoms with van der Waals surface area (Å²) in [5.74, 6) is 1.48. The summed E-state index contributed by atoms with van der Waals surface area (Å²) < 4.78 is 23.1. The van der Waals surface area contributed by atoms with Gasteiger partial charge in [-0.3, -0.25) is 10.1 Å². The average molecular weight is 540 g/mol. The van der Waals surface area contributed by atoms with Crippen LogP contribution in [0.15, 0.2) is 53.6 Å². The van der Waals surface area contributed by atoms with Crippen molar-refractivity contribution < 1.29 is 13.3 Å². The first-order valence-electron chi connectivity index (χ1n) is 12.6. The molecule has 0 atom stereocenters. The first-order chi connectivity index (χ1) is 18.2. The Balaban J connectivity index is 1.46.